The van der Waals surface area contributed by atoms with Crippen LogP contribution in [-0.2, 0) is 6.42 Å². The Bertz CT molecular complexity index is 476. The van der Waals surface area contributed by atoms with Gasteiger partial charge in [0.25, 0.3) is 0 Å². The van der Waals surface area contributed by atoms with Gasteiger partial charge in [0.05, 0.1) is 5.60 Å². The van der Waals surface area contributed by atoms with Crippen LogP contribution in [0.1, 0.15) is 64.6 Å². The van der Waals surface area contributed by atoms with Gasteiger partial charge in [-0.05, 0) is 48.6 Å². The SMILES string of the molecule is CC(C)CC(C)(O)CNC1c2ccccc2CCC1(C)C. The number of nitrogens with one attached hydrogen (secondary N) is 1. The highest BCUT2D eigenvalue weighted by molar-refractivity contribution is 5.34. The van der Waals surface area contributed by atoms with Gasteiger partial charge < -0.3 is 10.4 Å². The Morgan fingerprint density at radius 1 is 1.33 bits per heavy atom. The predicted molar refractivity (Wildman–Crippen MR) is 89.4 cm³/mol. The van der Waals surface area contributed by atoms with Gasteiger partial charge in [0.2, 0.25) is 0 Å². The second-order valence-corrected chi connectivity index (χ2v) is 8.10. The molecule has 0 radical (unpaired) electrons. The molecule has 21 heavy (non-hydrogen) atoms. The van der Waals surface area contributed by atoms with Crippen molar-refractivity contribution in [3.8, 4) is 0 Å². The maximum Gasteiger partial charge on any atom is 0.0746 e. The molecule has 2 heteroatoms. The van der Waals surface area contributed by atoms with E-state index in [1.807, 2.05) is 6.92 Å². The number of hydrogen-bond acceptors (Lipinski definition) is 2. The highest BCUT2D eigenvalue weighted by atomic mass is 16.3. The normalized spacial score (nSPS) is 23.7. The van der Waals surface area contributed by atoms with Crippen molar-refractivity contribution in [2.45, 2.75) is 65.5 Å². The summed E-state index contributed by atoms with van der Waals surface area (Å²) in [5.41, 5.74) is 2.45. The summed E-state index contributed by atoms with van der Waals surface area (Å²) in [6.07, 6.45) is 3.17. The molecule has 0 aromatic heterocycles. The van der Waals surface area contributed by atoms with Gasteiger partial charge in [-0.3, -0.25) is 0 Å². The van der Waals surface area contributed by atoms with Gasteiger partial charge >= 0.3 is 0 Å². The zero-order chi connectivity index (χ0) is 15.7. The van der Waals surface area contributed by atoms with Crippen LogP contribution in [0.4, 0.5) is 0 Å². The fourth-order valence-electron chi connectivity index (χ4n) is 3.73. The lowest BCUT2D eigenvalue weighted by Crippen LogP contribution is -2.45. The van der Waals surface area contributed by atoms with Crippen molar-refractivity contribution in [3.63, 3.8) is 0 Å². The van der Waals surface area contributed by atoms with Crippen LogP contribution in [-0.4, -0.2) is 17.3 Å². The van der Waals surface area contributed by atoms with Crippen LogP contribution >= 0.6 is 0 Å². The van der Waals surface area contributed by atoms with Gasteiger partial charge in [-0.25, -0.2) is 0 Å². The van der Waals surface area contributed by atoms with E-state index in [9.17, 15) is 5.11 Å². The molecule has 1 aromatic rings. The van der Waals surface area contributed by atoms with Gasteiger partial charge in [0, 0.05) is 12.6 Å². The van der Waals surface area contributed by atoms with E-state index in [1.165, 1.54) is 17.5 Å². The largest absolute Gasteiger partial charge is 0.389 e. The van der Waals surface area contributed by atoms with E-state index in [2.05, 4.69) is 57.3 Å². The Balaban J connectivity index is 2.14. The Morgan fingerprint density at radius 3 is 2.67 bits per heavy atom. The Labute approximate surface area is 130 Å². The summed E-state index contributed by atoms with van der Waals surface area (Å²) in [5.74, 6) is 0.508. The number of benzene rings is 1. The van der Waals surface area contributed by atoms with E-state index < -0.39 is 5.60 Å². The van der Waals surface area contributed by atoms with Crippen LogP contribution in [0.2, 0.25) is 0 Å². The molecule has 0 saturated heterocycles. The van der Waals surface area contributed by atoms with Crippen molar-refractivity contribution in [1.82, 2.24) is 5.32 Å². The first-order chi connectivity index (χ1) is 9.71. The fraction of sp³-hybridized carbons (Fsp3) is 0.684. The summed E-state index contributed by atoms with van der Waals surface area (Å²) in [6, 6.07) is 9.06. The maximum atomic E-state index is 10.6. The van der Waals surface area contributed by atoms with E-state index in [-0.39, 0.29) is 5.41 Å². The molecule has 1 aliphatic carbocycles. The van der Waals surface area contributed by atoms with Gasteiger partial charge in [0.1, 0.15) is 0 Å². The molecule has 0 amide bonds. The lowest BCUT2D eigenvalue weighted by molar-refractivity contribution is 0.0292. The van der Waals surface area contributed by atoms with Crippen molar-refractivity contribution in [3.05, 3.63) is 35.4 Å². The number of hydrogen-bond donors (Lipinski definition) is 2. The third kappa shape index (κ3) is 4.08. The third-order valence-corrected chi connectivity index (χ3v) is 4.72. The maximum absolute atomic E-state index is 10.6. The topological polar surface area (TPSA) is 32.3 Å². The third-order valence-electron chi connectivity index (χ3n) is 4.72. The molecule has 1 aromatic carbocycles. The first kappa shape index (κ1) is 16.5. The summed E-state index contributed by atoms with van der Waals surface area (Å²) >= 11 is 0. The lowest BCUT2D eigenvalue weighted by Gasteiger charge is -2.42. The number of fused-ring (bicyclic) bond motifs is 1. The first-order valence-electron chi connectivity index (χ1n) is 8.25. The van der Waals surface area contributed by atoms with Crippen LogP contribution in [0.5, 0.6) is 0 Å². The van der Waals surface area contributed by atoms with Crippen LogP contribution < -0.4 is 5.32 Å². The summed E-state index contributed by atoms with van der Waals surface area (Å²) in [7, 11) is 0. The van der Waals surface area contributed by atoms with Crippen LogP contribution in [0.25, 0.3) is 0 Å². The standard InChI is InChI=1S/C19H31NO/c1-14(2)12-19(5,21)13-20-17-16-9-7-6-8-15(16)10-11-18(17,3)4/h6-9,14,17,20-21H,10-13H2,1-5H3. The van der Waals surface area contributed by atoms with E-state index in [0.29, 0.717) is 18.5 Å². The lowest BCUT2D eigenvalue weighted by atomic mass is 9.70. The van der Waals surface area contributed by atoms with Crippen molar-refractivity contribution >= 4 is 0 Å². The molecule has 2 nitrogen and oxygen atoms in total. The fourth-order valence-corrected chi connectivity index (χ4v) is 3.73. The molecule has 0 heterocycles. The van der Waals surface area contributed by atoms with E-state index in [0.717, 1.165) is 12.8 Å². The van der Waals surface area contributed by atoms with Gasteiger partial charge in [0.15, 0.2) is 0 Å². The van der Waals surface area contributed by atoms with Crippen LogP contribution in [0.15, 0.2) is 24.3 Å². The van der Waals surface area contributed by atoms with E-state index in [1.54, 1.807) is 0 Å². The highest BCUT2D eigenvalue weighted by Crippen LogP contribution is 2.43. The van der Waals surface area contributed by atoms with Crippen molar-refractivity contribution < 1.29 is 5.11 Å². The van der Waals surface area contributed by atoms with E-state index in [4.69, 9.17) is 0 Å². The molecule has 0 spiro atoms. The zero-order valence-corrected chi connectivity index (χ0v) is 14.2. The summed E-state index contributed by atoms with van der Waals surface area (Å²) in [5, 5.41) is 14.2. The summed E-state index contributed by atoms with van der Waals surface area (Å²) in [4.78, 5) is 0. The van der Waals surface area contributed by atoms with Crippen molar-refractivity contribution in [1.29, 1.82) is 0 Å². The average molecular weight is 289 g/mol. The highest BCUT2D eigenvalue weighted by Gasteiger charge is 2.36. The summed E-state index contributed by atoms with van der Waals surface area (Å²) < 4.78 is 0. The minimum Gasteiger partial charge on any atom is -0.389 e. The van der Waals surface area contributed by atoms with Crippen molar-refractivity contribution in [2.24, 2.45) is 11.3 Å². The molecule has 0 saturated carbocycles. The molecular weight excluding hydrogens is 258 g/mol. The average Bonchev–Trinajstić information content (AvgIpc) is 2.35. The Morgan fingerprint density at radius 2 is 2.00 bits per heavy atom. The van der Waals surface area contributed by atoms with Crippen LogP contribution in [0.3, 0.4) is 0 Å². The Hall–Kier alpha value is -0.860. The van der Waals surface area contributed by atoms with Gasteiger partial charge in [-0.15, -0.1) is 0 Å². The molecule has 0 bridgehead atoms. The molecule has 2 rings (SSSR count). The van der Waals surface area contributed by atoms with E-state index >= 15 is 0 Å². The second-order valence-electron chi connectivity index (χ2n) is 8.10. The van der Waals surface area contributed by atoms with Gasteiger partial charge in [-0.1, -0.05) is 52.0 Å². The molecule has 2 atom stereocenters. The number of rotatable bonds is 5. The molecule has 2 N–H and O–H groups in total. The predicted octanol–water partition coefficient (Wildman–Crippen LogP) is 4.09. The first-order valence-corrected chi connectivity index (χ1v) is 8.25. The smallest absolute Gasteiger partial charge is 0.0746 e. The Kier molecular flexibility index (Phi) is 4.79. The zero-order valence-electron chi connectivity index (χ0n) is 14.2. The molecular formula is C19H31NO. The monoisotopic (exact) mass is 289 g/mol. The number of aryl methyl sites for hydroxylation is 1. The molecule has 2 unspecified atom stereocenters. The molecule has 0 fully saturated rings. The second kappa shape index (κ2) is 6.10. The molecule has 1 aliphatic rings. The van der Waals surface area contributed by atoms with Crippen LogP contribution in [0, 0.1) is 11.3 Å². The minimum atomic E-state index is -0.642. The minimum absolute atomic E-state index is 0.224. The quantitative estimate of drug-likeness (QED) is 0.856. The summed E-state index contributed by atoms with van der Waals surface area (Å²) in [6.45, 7) is 11.6. The molecule has 118 valence electrons. The van der Waals surface area contributed by atoms with Gasteiger partial charge in [-0.2, -0.15) is 0 Å². The molecule has 0 aliphatic heterocycles. The van der Waals surface area contributed by atoms with Crippen molar-refractivity contribution in [2.75, 3.05) is 6.54 Å². The number of aliphatic hydroxyl groups is 1.